The molecule has 1 amide bonds. The van der Waals surface area contributed by atoms with Gasteiger partial charge in [-0.05, 0) is 61.4 Å². The van der Waals surface area contributed by atoms with Crippen molar-refractivity contribution >= 4 is 16.9 Å². The Labute approximate surface area is 186 Å². The number of carbonyl (C=O) groups is 1. The topological polar surface area (TPSA) is 86.0 Å². The maximum Gasteiger partial charge on any atom is 0.433 e. The number of pyridine rings is 1. The minimum atomic E-state index is -4.72. The fourth-order valence-electron chi connectivity index (χ4n) is 4.21. The number of hydrogen-bond acceptors (Lipinski definition) is 4. The lowest BCUT2D eigenvalue weighted by Crippen LogP contribution is -2.43. The van der Waals surface area contributed by atoms with E-state index in [0.29, 0.717) is 10.6 Å². The number of hydrogen-bond donors (Lipinski definition) is 1. The van der Waals surface area contributed by atoms with Crippen LogP contribution in [0.4, 0.5) is 13.2 Å². The quantitative estimate of drug-likeness (QED) is 0.649. The van der Waals surface area contributed by atoms with Crippen LogP contribution >= 0.6 is 0 Å². The van der Waals surface area contributed by atoms with Gasteiger partial charge in [-0.2, -0.15) is 13.2 Å². The van der Waals surface area contributed by atoms with Crippen LogP contribution in [0.5, 0.6) is 0 Å². The molecule has 1 unspecified atom stereocenters. The van der Waals surface area contributed by atoms with Crippen molar-refractivity contribution in [3.8, 4) is 0 Å². The number of nitrogens with zero attached hydrogens (tertiary/aromatic N) is 3. The monoisotopic (exact) mass is 460 g/mol. The molecule has 0 bridgehead atoms. The molecule has 0 saturated heterocycles. The number of benzene rings is 1. The Morgan fingerprint density at radius 2 is 1.82 bits per heavy atom. The van der Waals surface area contributed by atoms with Crippen LogP contribution < -0.4 is 16.6 Å². The summed E-state index contributed by atoms with van der Waals surface area (Å²) in [5.41, 5.74) is 0.119. The van der Waals surface area contributed by atoms with Crippen LogP contribution in [0, 0.1) is 0 Å². The summed E-state index contributed by atoms with van der Waals surface area (Å²) < 4.78 is 40.4. The third kappa shape index (κ3) is 4.42. The molecule has 1 aliphatic rings. The number of rotatable bonds is 4. The number of aromatic nitrogens is 3. The Morgan fingerprint density at radius 3 is 2.52 bits per heavy atom. The third-order valence-electron chi connectivity index (χ3n) is 6.03. The Kier molecular flexibility index (Phi) is 5.85. The van der Waals surface area contributed by atoms with Crippen LogP contribution in [-0.4, -0.2) is 20.0 Å². The van der Waals surface area contributed by atoms with E-state index in [1.54, 1.807) is 0 Å². The smallest absolute Gasteiger partial charge is 0.348 e. The number of fused-ring (bicyclic) bond motifs is 2. The first-order valence-electron chi connectivity index (χ1n) is 10.6. The number of halogens is 3. The van der Waals surface area contributed by atoms with Crippen molar-refractivity contribution in [2.45, 2.75) is 51.4 Å². The van der Waals surface area contributed by atoms with Crippen LogP contribution in [0.25, 0.3) is 11.0 Å². The molecule has 1 atom stereocenters. The van der Waals surface area contributed by atoms with Gasteiger partial charge in [-0.25, -0.2) is 9.78 Å². The second kappa shape index (κ2) is 8.49. The van der Waals surface area contributed by atoms with Crippen LogP contribution in [0.3, 0.4) is 0 Å². The molecule has 0 spiro atoms. The molecule has 3 aromatic rings. The van der Waals surface area contributed by atoms with Gasteiger partial charge in [-0.15, -0.1) is 0 Å². The molecule has 33 heavy (non-hydrogen) atoms. The lowest BCUT2D eigenvalue weighted by molar-refractivity contribution is -0.141. The van der Waals surface area contributed by atoms with Gasteiger partial charge in [-0.1, -0.05) is 18.2 Å². The van der Waals surface area contributed by atoms with E-state index < -0.39 is 35.6 Å². The molecule has 7 nitrogen and oxygen atoms in total. The van der Waals surface area contributed by atoms with E-state index in [2.05, 4.69) is 22.4 Å². The van der Waals surface area contributed by atoms with E-state index in [-0.39, 0.29) is 17.1 Å². The van der Waals surface area contributed by atoms with Crippen molar-refractivity contribution in [1.82, 2.24) is 19.4 Å². The van der Waals surface area contributed by atoms with Crippen LogP contribution in [0.2, 0.25) is 0 Å². The molecular weight excluding hydrogens is 437 g/mol. The van der Waals surface area contributed by atoms with Gasteiger partial charge < -0.3 is 5.32 Å². The molecular formula is C23H23F3N4O3. The number of amides is 1. The zero-order chi connectivity index (χ0) is 23.9. The molecule has 10 heteroatoms. The molecule has 0 fully saturated rings. The number of aryl methyl sites for hydroxylation is 3. The zero-order valence-electron chi connectivity index (χ0n) is 18.2. The summed E-state index contributed by atoms with van der Waals surface area (Å²) in [5, 5.41) is 2.61. The molecule has 0 aliphatic heterocycles. The van der Waals surface area contributed by atoms with Gasteiger partial charge in [-0.3, -0.25) is 18.7 Å². The van der Waals surface area contributed by atoms with Crippen molar-refractivity contribution < 1.29 is 18.0 Å². The van der Waals surface area contributed by atoms with Crippen molar-refractivity contribution in [3.05, 3.63) is 73.6 Å². The largest absolute Gasteiger partial charge is 0.433 e. The average Bonchev–Trinajstić information content (AvgIpc) is 2.79. The number of nitrogens with one attached hydrogen (secondary N) is 1. The predicted molar refractivity (Wildman–Crippen MR) is 116 cm³/mol. The van der Waals surface area contributed by atoms with Gasteiger partial charge in [0.25, 0.3) is 5.56 Å². The third-order valence-corrected chi connectivity index (χ3v) is 6.03. The maximum atomic E-state index is 13.0. The first-order chi connectivity index (χ1) is 15.6. The normalized spacial score (nSPS) is 14.7. The highest BCUT2D eigenvalue weighted by Crippen LogP contribution is 2.28. The lowest BCUT2D eigenvalue weighted by atomic mass is 9.89. The molecule has 0 saturated carbocycles. The van der Waals surface area contributed by atoms with Gasteiger partial charge in [0.15, 0.2) is 0 Å². The molecule has 2 aromatic heterocycles. The second-order valence-electron chi connectivity index (χ2n) is 8.32. The van der Waals surface area contributed by atoms with Gasteiger partial charge in [0, 0.05) is 7.05 Å². The minimum Gasteiger partial charge on any atom is -0.348 e. The summed E-state index contributed by atoms with van der Waals surface area (Å²) in [5.74, 6) is -0.557. The first-order valence-corrected chi connectivity index (χ1v) is 10.6. The highest BCUT2D eigenvalue weighted by atomic mass is 19.4. The van der Waals surface area contributed by atoms with Gasteiger partial charge in [0.2, 0.25) is 5.91 Å². The summed E-state index contributed by atoms with van der Waals surface area (Å²) >= 11 is 0. The fourth-order valence-corrected chi connectivity index (χ4v) is 4.21. The summed E-state index contributed by atoms with van der Waals surface area (Å²) in [7, 11) is 1.21. The Morgan fingerprint density at radius 1 is 1.12 bits per heavy atom. The predicted octanol–water partition coefficient (Wildman–Crippen LogP) is 2.87. The van der Waals surface area contributed by atoms with Crippen molar-refractivity contribution in [2.75, 3.05) is 0 Å². The van der Waals surface area contributed by atoms with E-state index in [1.807, 2.05) is 13.0 Å². The van der Waals surface area contributed by atoms with Crippen molar-refractivity contribution in [2.24, 2.45) is 7.05 Å². The Balaban J connectivity index is 1.59. The molecule has 0 radical (unpaired) electrons. The zero-order valence-corrected chi connectivity index (χ0v) is 18.2. The van der Waals surface area contributed by atoms with E-state index in [1.165, 1.54) is 24.6 Å². The highest BCUT2D eigenvalue weighted by Gasteiger charge is 2.33. The van der Waals surface area contributed by atoms with Gasteiger partial charge in [0.1, 0.15) is 17.9 Å². The summed E-state index contributed by atoms with van der Waals surface area (Å²) in [4.78, 5) is 41.5. The van der Waals surface area contributed by atoms with Crippen molar-refractivity contribution in [3.63, 3.8) is 0 Å². The molecule has 1 aliphatic carbocycles. The van der Waals surface area contributed by atoms with Crippen LogP contribution in [0.1, 0.15) is 48.2 Å². The number of alkyl halides is 3. The highest BCUT2D eigenvalue weighted by molar-refractivity contribution is 5.78. The summed E-state index contributed by atoms with van der Waals surface area (Å²) in [6, 6.07) is 7.40. The van der Waals surface area contributed by atoms with E-state index in [4.69, 9.17) is 0 Å². The fraction of sp³-hybridized carbons (Fsp3) is 0.391. The van der Waals surface area contributed by atoms with E-state index >= 15 is 0 Å². The second-order valence-corrected chi connectivity index (χ2v) is 8.32. The summed E-state index contributed by atoms with van der Waals surface area (Å²) in [6.07, 6.45) is -0.377. The van der Waals surface area contributed by atoms with Gasteiger partial charge >= 0.3 is 11.9 Å². The summed E-state index contributed by atoms with van der Waals surface area (Å²) in [6.45, 7) is 1.25. The Hall–Kier alpha value is -3.43. The molecule has 174 valence electrons. The van der Waals surface area contributed by atoms with Crippen LogP contribution in [0.15, 0.2) is 39.9 Å². The molecule has 4 rings (SSSR count). The average molecular weight is 460 g/mol. The van der Waals surface area contributed by atoms with Gasteiger partial charge in [0.05, 0.1) is 11.4 Å². The Bertz CT molecular complexity index is 1360. The first kappa shape index (κ1) is 22.8. The molecule has 1 aromatic carbocycles. The van der Waals surface area contributed by atoms with Crippen molar-refractivity contribution in [1.29, 1.82) is 0 Å². The maximum absolute atomic E-state index is 13.0. The molecule has 2 heterocycles. The standard InChI is InChI=1S/C23H23F3N4O3/c1-13(15-8-7-14-5-3-4-6-16(14)11-15)27-19(31)12-30-21(32)17-9-10-18(23(24,25)26)28-20(17)29(2)22(30)33/h7-11,13H,3-6,12H2,1-2H3,(H,27,31). The van der Waals surface area contributed by atoms with E-state index in [9.17, 15) is 27.6 Å². The SMILES string of the molecule is CC(NC(=O)Cn1c(=O)c2ccc(C(F)(F)F)nc2n(C)c1=O)c1ccc2c(c1)CCCC2. The molecule has 1 N–H and O–H groups in total. The lowest BCUT2D eigenvalue weighted by Gasteiger charge is -2.20. The van der Waals surface area contributed by atoms with Crippen LogP contribution in [-0.2, 0) is 37.4 Å². The minimum absolute atomic E-state index is 0.180. The van der Waals surface area contributed by atoms with E-state index in [0.717, 1.165) is 35.5 Å². The number of carbonyl (C=O) groups excluding carboxylic acids is 1.